The molecule has 0 aromatic heterocycles. The van der Waals surface area contributed by atoms with E-state index in [1.54, 1.807) is 6.07 Å². The summed E-state index contributed by atoms with van der Waals surface area (Å²) in [6, 6.07) is 4.83. The second kappa shape index (κ2) is 6.97. The molecule has 2 nitrogen and oxygen atoms in total. The van der Waals surface area contributed by atoms with Gasteiger partial charge in [0.05, 0.1) is 5.02 Å². The molecule has 2 unspecified atom stereocenters. The Balaban J connectivity index is 2.09. The first-order valence-corrected chi connectivity index (χ1v) is 8.30. The van der Waals surface area contributed by atoms with Crippen LogP contribution in [0.1, 0.15) is 46.5 Å². The lowest BCUT2D eigenvalue weighted by atomic mass is 9.58. The normalized spacial score (nSPS) is 23.7. The first kappa shape index (κ1) is 16.6. The monoisotopic (exact) mass is 313 g/mol. The Hall–Kier alpha value is -0.800. The third-order valence-corrected chi connectivity index (χ3v) is 5.20. The highest BCUT2D eigenvalue weighted by molar-refractivity contribution is 6.32. The van der Waals surface area contributed by atoms with Gasteiger partial charge in [-0.05, 0) is 44.0 Å². The summed E-state index contributed by atoms with van der Waals surface area (Å²) in [5.41, 5.74) is 0.146. The third-order valence-electron chi connectivity index (χ3n) is 4.91. The van der Waals surface area contributed by atoms with Gasteiger partial charge in [-0.1, -0.05) is 32.4 Å². The molecule has 1 aliphatic rings. The number of hydrogen-bond acceptors (Lipinski definition) is 2. The van der Waals surface area contributed by atoms with E-state index in [-0.39, 0.29) is 17.3 Å². The van der Waals surface area contributed by atoms with Gasteiger partial charge in [-0.2, -0.15) is 0 Å². The molecule has 1 aromatic carbocycles. The lowest BCUT2D eigenvalue weighted by Crippen LogP contribution is -2.64. The molecule has 0 saturated heterocycles. The topological polar surface area (TPSA) is 21.3 Å². The molecule has 2 rings (SSSR count). The maximum absolute atomic E-state index is 13.1. The van der Waals surface area contributed by atoms with Crippen LogP contribution in [0.2, 0.25) is 5.02 Å². The molecular weight excluding hydrogens is 289 g/mol. The average molecular weight is 314 g/mol. The first-order chi connectivity index (χ1) is 10.1. The average Bonchev–Trinajstić information content (AvgIpc) is 2.45. The smallest absolute Gasteiger partial charge is 0.138 e. The van der Waals surface area contributed by atoms with Crippen molar-refractivity contribution in [2.75, 3.05) is 6.54 Å². The van der Waals surface area contributed by atoms with Gasteiger partial charge in [0, 0.05) is 17.9 Å². The van der Waals surface area contributed by atoms with E-state index in [9.17, 15) is 4.39 Å². The molecule has 2 atom stereocenters. The Kier molecular flexibility index (Phi) is 5.50. The standard InChI is InChI=1S/C17H25ClFNO/c1-4-9-20-15-11-16(17(15,5-2)6-3)21-14-8-7-12(19)10-13(14)18/h7-8,10,15-16,20H,4-6,9,11H2,1-3H3. The van der Waals surface area contributed by atoms with Crippen LogP contribution < -0.4 is 10.1 Å². The molecule has 0 heterocycles. The van der Waals surface area contributed by atoms with Crippen molar-refractivity contribution in [3.8, 4) is 5.75 Å². The number of hydrogen-bond donors (Lipinski definition) is 1. The summed E-state index contributed by atoms with van der Waals surface area (Å²) in [5, 5.41) is 3.98. The summed E-state index contributed by atoms with van der Waals surface area (Å²) in [6.07, 6.45) is 4.39. The van der Waals surface area contributed by atoms with E-state index in [1.165, 1.54) is 12.1 Å². The number of halogens is 2. The summed E-state index contributed by atoms with van der Waals surface area (Å²) in [7, 11) is 0. The van der Waals surface area contributed by atoms with E-state index in [1.807, 2.05) is 0 Å². The van der Waals surface area contributed by atoms with Crippen molar-refractivity contribution in [1.29, 1.82) is 0 Å². The highest BCUT2D eigenvalue weighted by atomic mass is 35.5. The van der Waals surface area contributed by atoms with Gasteiger partial charge < -0.3 is 10.1 Å². The molecule has 1 aromatic rings. The van der Waals surface area contributed by atoms with Crippen LogP contribution in [0.4, 0.5) is 4.39 Å². The number of rotatable bonds is 7. The van der Waals surface area contributed by atoms with E-state index >= 15 is 0 Å². The summed E-state index contributed by atoms with van der Waals surface area (Å²) in [6.45, 7) is 7.64. The molecule has 0 bridgehead atoms. The minimum absolute atomic E-state index is 0.143. The number of nitrogens with one attached hydrogen (secondary N) is 1. The minimum Gasteiger partial charge on any atom is -0.488 e. The molecule has 1 fully saturated rings. The van der Waals surface area contributed by atoms with Gasteiger partial charge in [-0.15, -0.1) is 0 Å². The lowest BCUT2D eigenvalue weighted by molar-refractivity contribution is -0.0858. The molecule has 0 aliphatic heterocycles. The van der Waals surface area contributed by atoms with Crippen molar-refractivity contribution < 1.29 is 9.13 Å². The van der Waals surface area contributed by atoms with Gasteiger partial charge >= 0.3 is 0 Å². The second-order valence-electron chi connectivity index (χ2n) is 5.86. The van der Waals surface area contributed by atoms with Crippen molar-refractivity contribution in [3.63, 3.8) is 0 Å². The molecule has 0 amide bonds. The predicted octanol–water partition coefficient (Wildman–Crippen LogP) is 4.80. The zero-order chi connectivity index (χ0) is 15.5. The maximum Gasteiger partial charge on any atom is 0.138 e. The largest absolute Gasteiger partial charge is 0.488 e. The zero-order valence-corrected chi connectivity index (χ0v) is 13.8. The maximum atomic E-state index is 13.1. The first-order valence-electron chi connectivity index (χ1n) is 7.92. The van der Waals surface area contributed by atoms with Gasteiger partial charge in [0.25, 0.3) is 0 Å². The molecule has 1 saturated carbocycles. The van der Waals surface area contributed by atoms with Crippen LogP contribution in [0.5, 0.6) is 5.75 Å². The highest BCUT2D eigenvalue weighted by Gasteiger charge is 2.54. The van der Waals surface area contributed by atoms with E-state index < -0.39 is 0 Å². The third kappa shape index (κ3) is 3.19. The number of ether oxygens (including phenoxy) is 1. The van der Waals surface area contributed by atoms with Gasteiger partial charge in [-0.3, -0.25) is 0 Å². The molecule has 1 N–H and O–H groups in total. The van der Waals surface area contributed by atoms with Crippen LogP contribution in [0.25, 0.3) is 0 Å². The van der Waals surface area contributed by atoms with Crippen molar-refractivity contribution >= 4 is 11.6 Å². The Bertz CT molecular complexity index is 476. The van der Waals surface area contributed by atoms with E-state index in [4.69, 9.17) is 16.3 Å². The predicted molar refractivity (Wildman–Crippen MR) is 85.5 cm³/mol. The SMILES string of the molecule is CCCNC1CC(Oc2ccc(F)cc2Cl)C1(CC)CC. The fourth-order valence-corrected chi connectivity index (χ4v) is 3.65. The van der Waals surface area contributed by atoms with Crippen molar-refractivity contribution in [2.45, 2.75) is 58.6 Å². The van der Waals surface area contributed by atoms with Crippen molar-refractivity contribution in [3.05, 3.63) is 29.0 Å². The van der Waals surface area contributed by atoms with Crippen LogP contribution in [0.15, 0.2) is 18.2 Å². The summed E-state index contributed by atoms with van der Waals surface area (Å²) < 4.78 is 19.2. The summed E-state index contributed by atoms with van der Waals surface area (Å²) in [4.78, 5) is 0. The molecule has 4 heteroatoms. The van der Waals surface area contributed by atoms with Gasteiger partial charge in [-0.25, -0.2) is 4.39 Å². The van der Waals surface area contributed by atoms with Crippen molar-refractivity contribution in [1.82, 2.24) is 5.32 Å². The Labute approximate surface area is 132 Å². The molecular formula is C17H25ClFNO. The molecule has 21 heavy (non-hydrogen) atoms. The van der Waals surface area contributed by atoms with Gasteiger partial charge in [0.1, 0.15) is 17.7 Å². The fraction of sp³-hybridized carbons (Fsp3) is 0.647. The van der Waals surface area contributed by atoms with Gasteiger partial charge in [0.15, 0.2) is 0 Å². The molecule has 0 radical (unpaired) electrons. The van der Waals surface area contributed by atoms with Crippen LogP contribution in [0.3, 0.4) is 0 Å². The van der Waals surface area contributed by atoms with Crippen LogP contribution in [-0.2, 0) is 0 Å². The molecule has 118 valence electrons. The van der Waals surface area contributed by atoms with E-state index in [2.05, 4.69) is 26.1 Å². The summed E-state index contributed by atoms with van der Waals surface area (Å²) in [5.74, 6) is 0.254. The van der Waals surface area contributed by atoms with Crippen LogP contribution >= 0.6 is 11.6 Å². The van der Waals surface area contributed by atoms with Gasteiger partial charge in [0.2, 0.25) is 0 Å². The van der Waals surface area contributed by atoms with E-state index in [0.29, 0.717) is 16.8 Å². The quantitative estimate of drug-likeness (QED) is 0.780. The number of benzene rings is 1. The Morgan fingerprint density at radius 3 is 2.62 bits per heavy atom. The molecule has 1 aliphatic carbocycles. The Morgan fingerprint density at radius 2 is 2.05 bits per heavy atom. The van der Waals surface area contributed by atoms with Crippen LogP contribution in [0, 0.1) is 11.2 Å². The lowest BCUT2D eigenvalue weighted by Gasteiger charge is -2.55. The minimum atomic E-state index is -0.333. The highest BCUT2D eigenvalue weighted by Crippen LogP contribution is 2.49. The summed E-state index contributed by atoms with van der Waals surface area (Å²) >= 11 is 6.07. The van der Waals surface area contributed by atoms with Crippen LogP contribution in [-0.4, -0.2) is 18.7 Å². The fourth-order valence-electron chi connectivity index (χ4n) is 3.44. The molecule has 0 spiro atoms. The van der Waals surface area contributed by atoms with E-state index in [0.717, 1.165) is 32.2 Å². The Morgan fingerprint density at radius 1 is 1.33 bits per heavy atom. The zero-order valence-electron chi connectivity index (χ0n) is 13.1. The second-order valence-corrected chi connectivity index (χ2v) is 6.27. The van der Waals surface area contributed by atoms with Crippen molar-refractivity contribution in [2.24, 2.45) is 5.41 Å².